The monoisotopic (exact) mass is 410 g/mol. The Morgan fingerprint density at radius 3 is 2.89 bits per heavy atom. The normalized spacial score (nSPS) is 14.2. The summed E-state index contributed by atoms with van der Waals surface area (Å²) in [5.41, 5.74) is 2.08. The minimum absolute atomic E-state index is 0.166. The zero-order chi connectivity index (χ0) is 19.5. The zero-order valence-electron chi connectivity index (χ0n) is 15.3. The molecule has 28 heavy (non-hydrogen) atoms. The summed E-state index contributed by atoms with van der Waals surface area (Å²) in [6.07, 6.45) is 5.83. The lowest BCUT2D eigenvalue weighted by Gasteiger charge is -2.24. The third-order valence-electron chi connectivity index (χ3n) is 4.23. The lowest BCUT2D eigenvalue weighted by Crippen LogP contribution is -2.33. The highest BCUT2D eigenvalue weighted by atomic mass is 32.2. The van der Waals surface area contributed by atoms with Gasteiger partial charge in [-0.1, -0.05) is 24.4 Å². The van der Waals surface area contributed by atoms with Gasteiger partial charge in [-0.2, -0.15) is 5.10 Å². The standard InChI is InChI=1S/C19H18N6OS2/c1-13-15-10-23-25(11-17-21-7-8-27-17)19(26)18(15)24(2)12-22-16(28-13)9-14-5-3-4-6-20-14/h3-8,10H,1,9,11-12H2,2H3. The van der Waals surface area contributed by atoms with Crippen molar-refractivity contribution in [3.8, 4) is 0 Å². The SMILES string of the molecule is C=C1SC(Cc2ccccn2)=NCN(C)c2c1cnn(Cc1nccs1)c2=O. The van der Waals surface area contributed by atoms with Crippen LogP contribution in [-0.2, 0) is 13.0 Å². The van der Waals surface area contributed by atoms with Crippen molar-refractivity contribution in [3.63, 3.8) is 0 Å². The molecule has 0 radical (unpaired) electrons. The molecule has 0 amide bonds. The van der Waals surface area contributed by atoms with Gasteiger partial charge in [-0.15, -0.1) is 11.3 Å². The maximum absolute atomic E-state index is 13.1. The van der Waals surface area contributed by atoms with Gasteiger partial charge in [0.2, 0.25) is 0 Å². The van der Waals surface area contributed by atoms with Crippen LogP contribution in [0, 0.1) is 0 Å². The van der Waals surface area contributed by atoms with Gasteiger partial charge >= 0.3 is 0 Å². The summed E-state index contributed by atoms with van der Waals surface area (Å²) in [6.45, 7) is 4.90. The van der Waals surface area contributed by atoms with E-state index in [1.54, 1.807) is 18.6 Å². The Labute approximate surface area is 170 Å². The van der Waals surface area contributed by atoms with Crippen LogP contribution in [0.3, 0.4) is 0 Å². The van der Waals surface area contributed by atoms with Gasteiger partial charge in [0.15, 0.2) is 0 Å². The maximum atomic E-state index is 13.1. The van der Waals surface area contributed by atoms with Crippen LogP contribution in [0.4, 0.5) is 5.69 Å². The van der Waals surface area contributed by atoms with Crippen LogP contribution in [0.15, 0.2) is 58.5 Å². The predicted octanol–water partition coefficient (Wildman–Crippen LogP) is 2.90. The average molecular weight is 411 g/mol. The molecular formula is C19H18N6OS2. The number of thioether (sulfide) groups is 1. The van der Waals surface area contributed by atoms with Crippen molar-refractivity contribution in [3.05, 3.63) is 75.4 Å². The van der Waals surface area contributed by atoms with Gasteiger partial charge in [-0.05, 0) is 12.1 Å². The predicted molar refractivity (Wildman–Crippen MR) is 115 cm³/mol. The second kappa shape index (κ2) is 8.07. The molecule has 7 nitrogen and oxygen atoms in total. The summed E-state index contributed by atoms with van der Waals surface area (Å²) in [6, 6.07) is 5.82. The molecule has 1 aliphatic heterocycles. The number of hydrogen-bond donors (Lipinski definition) is 0. The lowest BCUT2D eigenvalue weighted by molar-refractivity contribution is 0.632. The van der Waals surface area contributed by atoms with E-state index in [1.807, 2.05) is 35.5 Å². The van der Waals surface area contributed by atoms with Crippen molar-refractivity contribution >= 4 is 38.7 Å². The molecule has 0 saturated heterocycles. The quantitative estimate of drug-likeness (QED) is 0.658. The van der Waals surface area contributed by atoms with E-state index < -0.39 is 0 Å². The summed E-state index contributed by atoms with van der Waals surface area (Å²) < 4.78 is 1.44. The van der Waals surface area contributed by atoms with Gasteiger partial charge in [-0.3, -0.25) is 14.8 Å². The fraction of sp³-hybridized carbons (Fsp3) is 0.211. The molecule has 0 aromatic carbocycles. The zero-order valence-corrected chi connectivity index (χ0v) is 16.9. The molecule has 4 rings (SSSR count). The molecule has 0 bridgehead atoms. The van der Waals surface area contributed by atoms with Crippen LogP contribution in [0.5, 0.6) is 0 Å². The van der Waals surface area contributed by atoms with E-state index in [0.717, 1.165) is 26.2 Å². The van der Waals surface area contributed by atoms with E-state index >= 15 is 0 Å². The summed E-state index contributed by atoms with van der Waals surface area (Å²) in [7, 11) is 1.86. The highest BCUT2D eigenvalue weighted by molar-refractivity contribution is 8.21. The number of anilines is 1. The van der Waals surface area contributed by atoms with Gasteiger partial charge < -0.3 is 4.90 Å². The Hall–Kier alpha value is -2.78. The molecule has 1 aliphatic rings. The van der Waals surface area contributed by atoms with E-state index in [9.17, 15) is 4.79 Å². The van der Waals surface area contributed by atoms with Crippen LogP contribution in [0.25, 0.3) is 4.91 Å². The number of rotatable bonds is 4. The van der Waals surface area contributed by atoms with Crippen molar-refractivity contribution in [1.29, 1.82) is 0 Å². The summed E-state index contributed by atoms with van der Waals surface area (Å²) in [5.74, 6) is 0. The van der Waals surface area contributed by atoms with Crippen LogP contribution >= 0.6 is 23.1 Å². The molecule has 3 aromatic rings. The van der Waals surface area contributed by atoms with E-state index in [0.29, 0.717) is 25.3 Å². The maximum Gasteiger partial charge on any atom is 0.291 e. The number of nitrogens with zero attached hydrogens (tertiary/aromatic N) is 6. The Morgan fingerprint density at radius 2 is 2.14 bits per heavy atom. The highest BCUT2D eigenvalue weighted by Crippen LogP contribution is 2.33. The molecule has 0 fully saturated rings. The molecular weight excluding hydrogens is 392 g/mol. The minimum Gasteiger partial charge on any atom is -0.350 e. The van der Waals surface area contributed by atoms with Crippen molar-refractivity contribution in [1.82, 2.24) is 19.7 Å². The van der Waals surface area contributed by atoms with Gasteiger partial charge in [0.25, 0.3) is 5.56 Å². The third-order valence-corrected chi connectivity index (χ3v) is 5.97. The largest absolute Gasteiger partial charge is 0.350 e. The molecule has 142 valence electrons. The number of aromatic nitrogens is 4. The van der Waals surface area contributed by atoms with E-state index in [4.69, 9.17) is 0 Å². The van der Waals surface area contributed by atoms with Gasteiger partial charge in [-0.25, -0.2) is 9.67 Å². The first-order valence-corrected chi connectivity index (χ1v) is 10.3. The van der Waals surface area contributed by atoms with Crippen LogP contribution in [0.2, 0.25) is 0 Å². The van der Waals surface area contributed by atoms with Crippen LogP contribution in [-0.4, -0.2) is 38.5 Å². The summed E-state index contributed by atoms with van der Waals surface area (Å²) in [5, 5.41) is 7.99. The van der Waals surface area contributed by atoms with Crippen LogP contribution in [0.1, 0.15) is 16.3 Å². The van der Waals surface area contributed by atoms with E-state index in [1.165, 1.54) is 27.8 Å². The smallest absolute Gasteiger partial charge is 0.291 e. The Bertz CT molecular complexity index is 1080. The van der Waals surface area contributed by atoms with Crippen molar-refractivity contribution in [2.45, 2.75) is 13.0 Å². The second-order valence-electron chi connectivity index (χ2n) is 6.21. The van der Waals surface area contributed by atoms with Gasteiger partial charge in [0.05, 0.1) is 17.8 Å². The molecule has 9 heteroatoms. The van der Waals surface area contributed by atoms with Gasteiger partial charge in [0.1, 0.15) is 17.4 Å². The Morgan fingerprint density at radius 1 is 1.25 bits per heavy atom. The van der Waals surface area contributed by atoms with Crippen molar-refractivity contribution < 1.29 is 0 Å². The molecule has 0 atom stereocenters. The molecule has 0 spiro atoms. The highest BCUT2D eigenvalue weighted by Gasteiger charge is 2.22. The summed E-state index contributed by atoms with van der Waals surface area (Å²) in [4.78, 5) is 28.9. The minimum atomic E-state index is -0.166. The topological polar surface area (TPSA) is 76.3 Å². The number of fused-ring (bicyclic) bond motifs is 1. The van der Waals surface area contributed by atoms with E-state index in [2.05, 4.69) is 26.6 Å². The number of thiazole rings is 1. The molecule has 4 heterocycles. The fourth-order valence-electron chi connectivity index (χ4n) is 2.86. The number of pyridine rings is 1. The summed E-state index contributed by atoms with van der Waals surface area (Å²) >= 11 is 2.97. The van der Waals surface area contributed by atoms with Crippen molar-refractivity contribution in [2.24, 2.45) is 4.99 Å². The molecule has 0 N–H and O–H groups in total. The first-order chi connectivity index (χ1) is 13.6. The van der Waals surface area contributed by atoms with Gasteiger partial charge in [0, 0.05) is 47.4 Å². The third kappa shape index (κ3) is 3.90. The molecule has 0 unspecified atom stereocenters. The fourth-order valence-corrected chi connectivity index (χ4v) is 4.34. The van der Waals surface area contributed by atoms with Crippen molar-refractivity contribution in [2.75, 3.05) is 18.6 Å². The first kappa shape index (κ1) is 18.6. The lowest BCUT2D eigenvalue weighted by atomic mass is 10.2. The Balaban J connectivity index is 1.64. The number of aliphatic imine (C=N–C) groups is 1. The van der Waals surface area contributed by atoms with E-state index in [-0.39, 0.29) is 5.56 Å². The molecule has 0 saturated carbocycles. The Kier molecular flexibility index (Phi) is 5.36. The first-order valence-electron chi connectivity index (χ1n) is 8.62. The molecule has 0 aliphatic carbocycles. The number of hydrogen-bond acceptors (Lipinski definition) is 8. The second-order valence-corrected chi connectivity index (χ2v) is 8.36. The van der Waals surface area contributed by atoms with Crippen LogP contribution < -0.4 is 10.5 Å². The molecule has 3 aromatic heterocycles. The average Bonchev–Trinajstić information content (AvgIpc) is 3.20.